The molecule has 0 rings (SSSR count). The van der Waals surface area contributed by atoms with Gasteiger partial charge >= 0.3 is 0 Å². The van der Waals surface area contributed by atoms with Crippen molar-refractivity contribution in [2.45, 2.75) is 25.5 Å². The van der Waals surface area contributed by atoms with Crippen LogP contribution in [0.15, 0.2) is 5.34 Å². The summed E-state index contributed by atoms with van der Waals surface area (Å²) in [7, 11) is 0. The highest BCUT2D eigenvalue weighted by Gasteiger charge is 2.12. The minimum Gasteiger partial charge on any atom is -0.287 e. The van der Waals surface area contributed by atoms with Gasteiger partial charge in [-0.3, -0.25) is 4.28 Å². The van der Waals surface area contributed by atoms with Gasteiger partial charge in [0.15, 0.2) is 5.34 Å². The third kappa shape index (κ3) is 5.75. The van der Waals surface area contributed by atoms with E-state index in [1.54, 1.807) is 0 Å². The zero-order valence-corrected chi connectivity index (χ0v) is 5.99. The minimum absolute atomic E-state index is 0.0477. The van der Waals surface area contributed by atoms with Crippen molar-refractivity contribution in [3.05, 3.63) is 4.91 Å². The van der Waals surface area contributed by atoms with Crippen LogP contribution >= 0.6 is 12.0 Å². The molecule has 48 valence electrons. The van der Waals surface area contributed by atoms with Gasteiger partial charge in [0.25, 0.3) is 0 Å². The van der Waals surface area contributed by atoms with E-state index in [1.165, 1.54) is 0 Å². The van der Waals surface area contributed by atoms with Crippen molar-refractivity contribution in [2.24, 2.45) is 5.34 Å². The molecule has 0 aliphatic rings. The van der Waals surface area contributed by atoms with Crippen LogP contribution in [-0.2, 0) is 4.28 Å². The van der Waals surface area contributed by atoms with Gasteiger partial charge in [0.1, 0.15) is 0 Å². The van der Waals surface area contributed by atoms with E-state index in [0.717, 1.165) is 12.0 Å². The zero-order valence-electron chi connectivity index (χ0n) is 5.17. The quantitative estimate of drug-likeness (QED) is 0.331. The molecule has 0 N–H and O–H groups in total. The Morgan fingerprint density at radius 1 is 1.50 bits per heavy atom. The summed E-state index contributed by atoms with van der Waals surface area (Å²) in [6, 6.07) is 0. The maximum atomic E-state index is 9.36. The normalized spacial score (nSPS) is 10.9. The van der Waals surface area contributed by atoms with E-state index in [0.29, 0.717) is 0 Å². The van der Waals surface area contributed by atoms with Gasteiger partial charge in [-0.1, -0.05) is 0 Å². The van der Waals surface area contributed by atoms with Crippen LogP contribution in [0.4, 0.5) is 0 Å². The Labute approximate surface area is 52.9 Å². The van der Waals surface area contributed by atoms with Crippen LogP contribution in [0.2, 0.25) is 0 Å². The third-order valence-electron chi connectivity index (χ3n) is 0.318. The van der Waals surface area contributed by atoms with E-state index < -0.39 is 0 Å². The van der Waals surface area contributed by atoms with Gasteiger partial charge in [-0.2, -0.15) is 0 Å². The van der Waals surface area contributed by atoms with Crippen molar-refractivity contribution in [3.63, 3.8) is 0 Å². The first-order valence-corrected chi connectivity index (χ1v) is 2.98. The van der Waals surface area contributed by atoms with Crippen molar-refractivity contribution >= 4 is 12.0 Å². The van der Waals surface area contributed by atoms with Crippen molar-refractivity contribution in [2.75, 3.05) is 0 Å². The minimum atomic E-state index is -0.0477. The average Bonchev–Trinajstić information content (AvgIpc) is 1.59. The first kappa shape index (κ1) is 7.75. The molecule has 3 nitrogen and oxygen atoms in total. The molecule has 8 heavy (non-hydrogen) atoms. The first-order chi connectivity index (χ1) is 3.56. The third-order valence-corrected chi connectivity index (χ3v) is 0.953. The Bertz CT molecular complexity index is 78.6. The maximum Gasteiger partial charge on any atom is 0.168 e. The van der Waals surface area contributed by atoms with E-state index in [2.05, 4.69) is 9.62 Å². The van der Waals surface area contributed by atoms with Gasteiger partial charge in [-0.25, -0.2) is 0 Å². The van der Waals surface area contributed by atoms with Crippen LogP contribution in [0.25, 0.3) is 0 Å². The molecule has 0 aliphatic carbocycles. The summed E-state index contributed by atoms with van der Waals surface area (Å²) in [6.45, 7) is 5.80. The van der Waals surface area contributed by atoms with Crippen LogP contribution in [-0.4, -0.2) is 4.75 Å². The molecule has 0 aliphatic heterocycles. The topological polar surface area (TPSA) is 38.7 Å². The molecule has 0 saturated heterocycles. The molecule has 0 amide bonds. The smallest absolute Gasteiger partial charge is 0.168 e. The Balaban J connectivity index is 3.24. The average molecular weight is 135 g/mol. The molecule has 0 saturated carbocycles. The molecule has 0 atom stereocenters. The second-order valence-electron chi connectivity index (χ2n) is 2.34. The molecule has 0 radical (unpaired) electrons. The van der Waals surface area contributed by atoms with Crippen LogP contribution in [0.3, 0.4) is 0 Å². The molecule has 0 fully saturated rings. The SMILES string of the molecule is CC(C)(C)SON=O. The van der Waals surface area contributed by atoms with Crippen molar-refractivity contribution < 1.29 is 4.28 Å². The molecule has 4 heteroatoms. The summed E-state index contributed by atoms with van der Waals surface area (Å²) in [5, 5.41) is 2.23. The molecule has 0 aromatic heterocycles. The predicted octanol–water partition coefficient (Wildman–Crippen LogP) is 2.13. The highest BCUT2D eigenvalue weighted by molar-refractivity contribution is 7.95. The fraction of sp³-hybridized carbons (Fsp3) is 1.00. The van der Waals surface area contributed by atoms with Crippen LogP contribution in [0.5, 0.6) is 0 Å². The fourth-order valence-corrected chi connectivity index (χ4v) is 0.381. The predicted molar refractivity (Wildman–Crippen MR) is 34.2 cm³/mol. The van der Waals surface area contributed by atoms with Gasteiger partial charge in [0.05, 0.1) is 12.0 Å². The standard InChI is InChI=1S/C4H9NO2S/c1-4(2,3)8-7-5-6/h1-3H3. The molecule has 0 bridgehead atoms. The lowest BCUT2D eigenvalue weighted by Gasteiger charge is -2.10. The summed E-state index contributed by atoms with van der Waals surface area (Å²) in [5.74, 6) is 0. The number of hydrogen-bond donors (Lipinski definition) is 0. The molecular formula is C4H9NO2S. The first-order valence-electron chi connectivity index (χ1n) is 2.24. The molecule has 0 unspecified atom stereocenters. The Kier molecular flexibility index (Phi) is 2.82. The van der Waals surface area contributed by atoms with Crippen molar-refractivity contribution in [3.8, 4) is 0 Å². The Morgan fingerprint density at radius 3 is 2.12 bits per heavy atom. The number of nitrogens with zero attached hydrogens (tertiary/aromatic N) is 1. The summed E-state index contributed by atoms with van der Waals surface area (Å²) in [5.41, 5.74) is 0. The van der Waals surface area contributed by atoms with E-state index in [9.17, 15) is 4.91 Å². The lowest BCUT2D eigenvalue weighted by Crippen LogP contribution is -2.06. The Hall–Kier alpha value is -0.250. The van der Waals surface area contributed by atoms with Crippen LogP contribution < -0.4 is 0 Å². The van der Waals surface area contributed by atoms with Gasteiger partial charge in [-0.15, -0.1) is 4.91 Å². The van der Waals surface area contributed by atoms with E-state index >= 15 is 0 Å². The van der Waals surface area contributed by atoms with Crippen LogP contribution in [0.1, 0.15) is 20.8 Å². The van der Waals surface area contributed by atoms with E-state index in [4.69, 9.17) is 0 Å². The molecule has 0 aromatic rings. The highest BCUT2D eigenvalue weighted by atomic mass is 32.2. The van der Waals surface area contributed by atoms with Gasteiger partial charge in [0, 0.05) is 4.75 Å². The van der Waals surface area contributed by atoms with E-state index in [1.807, 2.05) is 20.8 Å². The Morgan fingerprint density at radius 2 is 2.00 bits per heavy atom. The van der Waals surface area contributed by atoms with E-state index in [-0.39, 0.29) is 4.75 Å². The highest BCUT2D eigenvalue weighted by Crippen LogP contribution is 2.23. The summed E-state index contributed by atoms with van der Waals surface area (Å²) < 4.78 is 4.14. The summed E-state index contributed by atoms with van der Waals surface area (Å²) in [4.78, 5) is 9.36. The molecule has 0 heterocycles. The second kappa shape index (κ2) is 2.91. The lowest BCUT2D eigenvalue weighted by molar-refractivity contribution is 0.388. The molecular weight excluding hydrogens is 126 g/mol. The van der Waals surface area contributed by atoms with Crippen molar-refractivity contribution in [1.82, 2.24) is 0 Å². The monoisotopic (exact) mass is 135 g/mol. The lowest BCUT2D eigenvalue weighted by atomic mass is 10.3. The summed E-state index contributed by atoms with van der Waals surface area (Å²) >= 11 is 1.05. The van der Waals surface area contributed by atoms with Gasteiger partial charge in [-0.05, 0) is 20.8 Å². The van der Waals surface area contributed by atoms with Gasteiger partial charge < -0.3 is 0 Å². The fourth-order valence-electron chi connectivity index (χ4n) is 0.127. The maximum absolute atomic E-state index is 9.36. The molecule has 0 aromatic carbocycles. The number of rotatable bonds is 2. The zero-order chi connectivity index (χ0) is 6.62. The van der Waals surface area contributed by atoms with Crippen molar-refractivity contribution in [1.29, 1.82) is 0 Å². The van der Waals surface area contributed by atoms with Crippen LogP contribution in [0, 0.1) is 4.91 Å². The largest absolute Gasteiger partial charge is 0.287 e. The molecule has 0 spiro atoms. The number of hydrogen-bond acceptors (Lipinski definition) is 4. The summed E-state index contributed by atoms with van der Waals surface area (Å²) in [6.07, 6.45) is 0. The second-order valence-corrected chi connectivity index (χ2v) is 3.89. The van der Waals surface area contributed by atoms with Gasteiger partial charge in [0.2, 0.25) is 0 Å².